The number of hydrogen-bond acceptors (Lipinski definition) is 6. The second kappa shape index (κ2) is 6.34. The van der Waals surface area contributed by atoms with E-state index in [9.17, 15) is 4.79 Å². The number of benzene rings is 1. The number of hydrogen-bond donors (Lipinski definition) is 1. The number of anilines is 1. The summed E-state index contributed by atoms with van der Waals surface area (Å²) in [5, 5.41) is 17.4. The third-order valence-electron chi connectivity index (χ3n) is 4.66. The topological polar surface area (TPSA) is 68.0 Å². The van der Waals surface area contributed by atoms with Gasteiger partial charge in [0.15, 0.2) is 0 Å². The zero-order chi connectivity index (χ0) is 17.5. The maximum Gasteiger partial charge on any atom is 0.230 e. The first kappa shape index (κ1) is 15.7. The van der Waals surface area contributed by atoms with Crippen molar-refractivity contribution in [3.05, 3.63) is 51.9 Å². The Hall–Kier alpha value is -2.51. The molecular formula is C19H15N3O2S2. The fourth-order valence-corrected chi connectivity index (χ4v) is 4.87. The van der Waals surface area contributed by atoms with Gasteiger partial charge in [0.2, 0.25) is 11.0 Å². The monoisotopic (exact) mass is 381 g/mol. The van der Waals surface area contributed by atoms with E-state index >= 15 is 0 Å². The Morgan fingerprint density at radius 3 is 2.96 bits per heavy atom. The van der Waals surface area contributed by atoms with Crippen LogP contribution in [-0.2, 0) is 24.1 Å². The Kier molecular flexibility index (Phi) is 3.83. The normalized spacial score (nSPS) is 13.2. The van der Waals surface area contributed by atoms with Gasteiger partial charge in [-0.1, -0.05) is 11.3 Å². The van der Waals surface area contributed by atoms with Crippen LogP contribution in [-0.4, -0.2) is 16.1 Å². The van der Waals surface area contributed by atoms with Crippen LogP contribution in [0.3, 0.4) is 0 Å². The average Bonchev–Trinajstić information content (AvgIpc) is 3.41. The van der Waals surface area contributed by atoms with Crippen molar-refractivity contribution >= 4 is 44.7 Å². The van der Waals surface area contributed by atoms with E-state index in [1.807, 2.05) is 16.8 Å². The summed E-state index contributed by atoms with van der Waals surface area (Å²) in [5.41, 5.74) is 5.56. The Morgan fingerprint density at radius 1 is 1.23 bits per heavy atom. The molecule has 1 aliphatic rings. The van der Waals surface area contributed by atoms with E-state index in [1.165, 1.54) is 28.9 Å². The lowest BCUT2D eigenvalue weighted by Crippen LogP contribution is -2.14. The maximum atomic E-state index is 12.4. The molecule has 5 rings (SSSR count). The van der Waals surface area contributed by atoms with Crippen LogP contribution in [0.2, 0.25) is 0 Å². The molecule has 0 fully saturated rings. The number of thiophene rings is 1. The van der Waals surface area contributed by atoms with Gasteiger partial charge in [-0.25, -0.2) is 0 Å². The number of aryl methyl sites for hydroxylation is 2. The zero-order valence-electron chi connectivity index (χ0n) is 13.8. The predicted molar refractivity (Wildman–Crippen MR) is 104 cm³/mol. The van der Waals surface area contributed by atoms with Gasteiger partial charge in [-0.05, 0) is 54.0 Å². The van der Waals surface area contributed by atoms with Crippen LogP contribution in [0, 0.1) is 0 Å². The molecule has 5 nitrogen and oxygen atoms in total. The maximum absolute atomic E-state index is 12.4. The third kappa shape index (κ3) is 2.83. The van der Waals surface area contributed by atoms with Gasteiger partial charge >= 0.3 is 0 Å². The molecule has 130 valence electrons. The van der Waals surface area contributed by atoms with Crippen molar-refractivity contribution in [1.82, 2.24) is 10.2 Å². The SMILES string of the molecule is O=C(Cc1coc2cc3c(cc12)CCC3)Nc1nnc(-c2ccsc2)s1. The van der Waals surface area contributed by atoms with Crippen molar-refractivity contribution in [3.8, 4) is 10.6 Å². The van der Waals surface area contributed by atoms with Crippen LogP contribution < -0.4 is 5.32 Å². The summed E-state index contributed by atoms with van der Waals surface area (Å²) >= 11 is 2.99. The molecule has 4 aromatic rings. The lowest BCUT2D eigenvalue weighted by atomic mass is 10.0. The fourth-order valence-electron chi connectivity index (χ4n) is 3.40. The summed E-state index contributed by atoms with van der Waals surface area (Å²) in [6.07, 6.45) is 5.38. The molecule has 0 bridgehead atoms. The lowest BCUT2D eigenvalue weighted by molar-refractivity contribution is -0.115. The van der Waals surface area contributed by atoms with E-state index < -0.39 is 0 Å². The summed E-state index contributed by atoms with van der Waals surface area (Å²) in [5.74, 6) is -0.110. The highest BCUT2D eigenvalue weighted by atomic mass is 32.1. The van der Waals surface area contributed by atoms with Crippen molar-refractivity contribution in [2.45, 2.75) is 25.7 Å². The molecule has 0 radical (unpaired) electrons. The van der Waals surface area contributed by atoms with Crippen LogP contribution in [0.5, 0.6) is 0 Å². The Balaban J connectivity index is 1.34. The smallest absolute Gasteiger partial charge is 0.230 e. The van der Waals surface area contributed by atoms with Gasteiger partial charge in [0.25, 0.3) is 0 Å². The highest BCUT2D eigenvalue weighted by Crippen LogP contribution is 2.31. The molecule has 7 heteroatoms. The van der Waals surface area contributed by atoms with E-state index in [2.05, 4.69) is 27.6 Å². The first-order valence-electron chi connectivity index (χ1n) is 8.44. The van der Waals surface area contributed by atoms with Crippen LogP contribution in [0.15, 0.2) is 39.6 Å². The average molecular weight is 381 g/mol. The molecule has 1 amide bonds. The highest BCUT2D eigenvalue weighted by molar-refractivity contribution is 7.19. The summed E-state index contributed by atoms with van der Waals surface area (Å²) in [4.78, 5) is 12.4. The molecule has 0 saturated heterocycles. The van der Waals surface area contributed by atoms with Crippen LogP contribution in [0.25, 0.3) is 21.5 Å². The summed E-state index contributed by atoms with van der Waals surface area (Å²) in [6.45, 7) is 0. The summed E-state index contributed by atoms with van der Waals surface area (Å²) < 4.78 is 5.67. The molecule has 1 aliphatic carbocycles. The van der Waals surface area contributed by atoms with Gasteiger partial charge in [-0.2, -0.15) is 11.3 Å². The van der Waals surface area contributed by atoms with Gasteiger partial charge in [-0.15, -0.1) is 10.2 Å². The molecular weight excluding hydrogens is 366 g/mol. The second-order valence-corrected chi connectivity index (χ2v) is 8.14. The predicted octanol–water partition coefficient (Wildman–Crippen LogP) is 4.68. The number of carbonyl (C=O) groups excluding carboxylic acids is 1. The summed E-state index contributed by atoms with van der Waals surface area (Å²) in [7, 11) is 0. The molecule has 0 spiro atoms. The molecule has 0 unspecified atom stereocenters. The lowest BCUT2D eigenvalue weighted by Gasteiger charge is -2.02. The van der Waals surface area contributed by atoms with Crippen molar-refractivity contribution < 1.29 is 9.21 Å². The van der Waals surface area contributed by atoms with E-state index in [4.69, 9.17) is 4.42 Å². The number of nitrogens with zero attached hydrogens (tertiary/aromatic N) is 2. The van der Waals surface area contributed by atoms with Gasteiger partial charge < -0.3 is 9.73 Å². The van der Waals surface area contributed by atoms with Crippen molar-refractivity contribution in [3.63, 3.8) is 0 Å². The molecule has 0 aliphatic heterocycles. The first-order chi connectivity index (χ1) is 12.8. The van der Waals surface area contributed by atoms with E-state index in [0.717, 1.165) is 39.9 Å². The number of furan rings is 1. The Bertz CT molecular complexity index is 1100. The van der Waals surface area contributed by atoms with Gasteiger partial charge in [0.1, 0.15) is 10.6 Å². The molecule has 1 N–H and O–H groups in total. The number of amides is 1. The van der Waals surface area contributed by atoms with E-state index in [1.54, 1.807) is 17.6 Å². The van der Waals surface area contributed by atoms with Gasteiger partial charge in [0, 0.05) is 21.9 Å². The highest BCUT2D eigenvalue weighted by Gasteiger charge is 2.17. The minimum absolute atomic E-state index is 0.110. The molecule has 3 heterocycles. The molecule has 0 atom stereocenters. The molecule has 0 saturated carbocycles. The number of fused-ring (bicyclic) bond motifs is 2. The number of nitrogens with one attached hydrogen (secondary N) is 1. The number of aromatic nitrogens is 2. The van der Waals surface area contributed by atoms with Gasteiger partial charge in [0.05, 0.1) is 12.7 Å². The Labute approximate surface area is 157 Å². The number of carbonyl (C=O) groups is 1. The van der Waals surface area contributed by atoms with E-state index in [-0.39, 0.29) is 12.3 Å². The van der Waals surface area contributed by atoms with Crippen molar-refractivity contribution in [1.29, 1.82) is 0 Å². The quantitative estimate of drug-likeness (QED) is 0.557. The summed E-state index contributed by atoms with van der Waals surface area (Å²) in [6, 6.07) is 6.30. The molecule has 3 aromatic heterocycles. The van der Waals surface area contributed by atoms with Gasteiger partial charge in [-0.3, -0.25) is 4.79 Å². The fraction of sp³-hybridized carbons (Fsp3) is 0.211. The van der Waals surface area contributed by atoms with Crippen LogP contribution in [0.1, 0.15) is 23.1 Å². The minimum Gasteiger partial charge on any atom is -0.464 e. The molecule has 1 aromatic carbocycles. The van der Waals surface area contributed by atoms with E-state index in [0.29, 0.717) is 5.13 Å². The second-order valence-electron chi connectivity index (χ2n) is 6.38. The van der Waals surface area contributed by atoms with Crippen molar-refractivity contribution in [2.24, 2.45) is 0 Å². The standard InChI is InChI=1S/C19H15N3O2S2/c23-17(20-19-22-21-18(26-19)13-4-5-25-10-13)8-14-9-24-16-7-12-3-1-2-11(12)6-15(14)16/h4-7,9-10H,1-3,8H2,(H,20,22,23). The zero-order valence-corrected chi connectivity index (χ0v) is 15.5. The largest absolute Gasteiger partial charge is 0.464 e. The third-order valence-corrected chi connectivity index (χ3v) is 6.23. The minimum atomic E-state index is -0.110. The van der Waals surface area contributed by atoms with Crippen molar-refractivity contribution in [2.75, 3.05) is 5.32 Å². The van der Waals surface area contributed by atoms with Crippen LogP contribution >= 0.6 is 22.7 Å². The molecule has 26 heavy (non-hydrogen) atoms. The number of rotatable bonds is 4. The Morgan fingerprint density at radius 2 is 2.12 bits per heavy atom. The first-order valence-corrected chi connectivity index (χ1v) is 10.2. The van der Waals surface area contributed by atoms with Crippen LogP contribution in [0.4, 0.5) is 5.13 Å².